The maximum atomic E-state index is 11.1. The molecule has 0 aliphatic heterocycles. The summed E-state index contributed by atoms with van der Waals surface area (Å²) in [6, 6.07) is 0. The molecule has 0 amide bonds. The van der Waals surface area contributed by atoms with Gasteiger partial charge in [0, 0.05) is 11.1 Å². The van der Waals surface area contributed by atoms with Crippen molar-refractivity contribution in [1.29, 1.82) is 0 Å². The van der Waals surface area contributed by atoms with Crippen LogP contribution in [0.25, 0.3) is 0 Å². The highest BCUT2D eigenvalue weighted by Gasteiger charge is 2.15. The number of thioether (sulfide) groups is 1. The molecule has 0 spiro atoms. The normalized spacial score (nSPS) is 10.1. The summed E-state index contributed by atoms with van der Waals surface area (Å²) in [5, 5.41) is 1.41. The smallest absolute Gasteiger partial charge is 0.310 e. The molecule has 0 aliphatic carbocycles. The summed E-state index contributed by atoms with van der Waals surface area (Å²) < 4.78 is 9.06. The minimum Gasteiger partial charge on any atom is -0.469 e. The number of aromatic nitrogens is 4. The van der Waals surface area contributed by atoms with Gasteiger partial charge >= 0.3 is 11.9 Å². The third kappa shape index (κ3) is 7.93. The van der Waals surface area contributed by atoms with Crippen LogP contribution in [0, 0.1) is 13.8 Å². The van der Waals surface area contributed by atoms with Gasteiger partial charge in [0.1, 0.15) is 32.1 Å². The number of hydrogen-bond acceptors (Lipinski definition) is 9. The van der Waals surface area contributed by atoms with Crippen molar-refractivity contribution in [1.82, 2.24) is 19.9 Å². The van der Waals surface area contributed by atoms with Gasteiger partial charge in [-0.05, 0) is 20.1 Å². The number of carbonyl (C=O) groups is 2. The Kier molecular flexibility index (Phi) is 10.6. The quantitative estimate of drug-likeness (QED) is 0.359. The molecule has 0 unspecified atom stereocenters. The zero-order chi connectivity index (χ0) is 22.1. The first-order valence-corrected chi connectivity index (χ1v) is 10.4. The summed E-state index contributed by atoms with van der Waals surface area (Å²) >= 11 is 19.0. The molecule has 8 nitrogen and oxygen atoms in total. The Balaban J connectivity index is 0.000000291. The van der Waals surface area contributed by atoms with Crippen molar-refractivity contribution in [3.63, 3.8) is 0 Å². The Labute approximate surface area is 187 Å². The predicted octanol–water partition coefficient (Wildman–Crippen LogP) is 3.68. The minimum absolute atomic E-state index is 0.0194. The molecule has 12 heteroatoms. The van der Waals surface area contributed by atoms with Crippen LogP contribution in [0.2, 0.25) is 15.5 Å². The number of carbonyl (C=O) groups excluding carboxylic acids is 2. The molecular formula is C17H19Cl3N4O4S. The number of ether oxygens (including phenoxy) is 2. The van der Waals surface area contributed by atoms with Crippen LogP contribution in [0.15, 0.2) is 5.03 Å². The lowest BCUT2D eigenvalue weighted by atomic mass is 10.2. The lowest BCUT2D eigenvalue weighted by Gasteiger charge is -2.07. The third-order valence-corrected chi connectivity index (χ3v) is 5.00. The van der Waals surface area contributed by atoms with E-state index in [4.69, 9.17) is 34.8 Å². The summed E-state index contributed by atoms with van der Waals surface area (Å²) in [7, 11) is 2.63. The first-order valence-electron chi connectivity index (χ1n) is 8.02. The minimum atomic E-state index is -0.429. The summed E-state index contributed by atoms with van der Waals surface area (Å²) in [6.45, 7) is 3.42. The van der Waals surface area contributed by atoms with Crippen LogP contribution in [0.3, 0.4) is 0 Å². The Morgan fingerprint density at radius 3 is 1.59 bits per heavy atom. The number of rotatable bonds is 5. The van der Waals surface area contributed by atoms with E-state index in [9.17, 15) is 9.59 Å². The molecule has 29 heavy (non-hydrogen) atoms. The molecule has 0 N–H and O–H groups in total. The van der Waals surface area contributed by atoms with Gasteiger partial charge in [-0.25, -0.2) is 19.9 Å². The zero-order valence-corrected chi connectivity index (χ0v) is 19.5. The second kappa shape index (κ2) is 12.1. The van der Waals surface area contributed by atoms with E-state index in [0.29, 0.717) is 27.9 Å². The van der Waals surface area contributed by atoms with Crippen LogP contribution in [0.4, 0.5) is 0 Å². The van der Waals surface area contributed by atoms with E-state index in [1.165, 1.54) is 26.0 Å². The summed E-state index contributed by atoms with van der Waals surface area (Å²) in [5.74, 6) is 0.285. The zero-order valence-electron chi connectivity index (χ0n) is 16.4. The number of esters is 2. The van der Waals surface area contributed by atoms with Gasteiger partial charge in [-0.3, -0.25) is 9.59 Å². The molecule has 0 bridgehead atoms. The number of nitrogens with zero attached hydrogens (tertiary/aromatic N) is 4. The predicted molar refractivity (Wildman–Crippen MR) is 112 cm³/mol. The molecule has 2 heterocycles. The van der Waals surface area contributed by atoms with E-state index in [1.54, 1.807) is 13.8 Å². The fourth-order valence-electron chi connectivity index (χ4n) is 1.96. The molecule has 2 aromatic heterocycles. The number of halogens is 3. The first kappa shape index (κ1) is 25.4. The topological polar surface area (TPSA) is 104 Å². The Hall–Kier alpha value is -1.68. The van der Waals surface area contributed by atoms with Crippen molar-refractivity contribution in [2.24, 2.45) is 0 Å². The van der Waals surface area contributed by atoms with Gasteiger partial charge in [-0.2, -0.15) is 0 Å². The highest BCUT2D eigenvalue weighted by molar-refractivity contribution is 7.98. The maximum absolute atomic E-state index is 11.1. The van der Waals surface area contributed by atoms with Gasteiger partial charge in [0.05, 0.1) is 27.1 Å². The number of aryl methyl sites for hydroxylation is 2. The monoisotopic (exact) mass is 480 g/mol. The lowest BCUT2D eigenvalue weighted by Crippen LogP contribution is -2.08. The lowest BCUT2D eigenvalue weighted by molar-refractivity contribution is -0.140. The van der Waals surface area contributed by atoms with E-state index in [0.717, 1.165) is 5.03 Å². The van der Waals surface area contributed by atoms with Crippen LogP contribution in [0.5, 0.6) is 0 Å². The molecule has 0 saturated carbocycles. The average molecular weight is 482 g/mol. The van der Waals surface area contributed by atoms with Crippen molar-refractivity contribution in [3.8, 4) is 0 Å². The van der Waals surface area contributed by atoms with Crippen LogP contribution in [-0.4, -0.2) is 52.3 Å². The summed E-state index contributed by atoms with van der Waals surface area (Å²) in [5.41, 5.74) is 1.02. The van der Waals surface area contributed by atoms with Gasteiger partial charge in [0.2, 0.25) is 0 Å². The molecule has 0 atom stereocenters. The molecule has 0 radical (unpaired) electrons. The SMILES string of the molecule is COC(=O)Cc1c(Cl)nc(C)nc1Cl.COC(=O)Cc1c(Cl)nc(C)nc1SC. The summed E-state index contributed by atoms with van der Waals surface area (Å²) in [4.78, 5) is 38.1. The van der Waals surface area contributed by atoms with Crippen LogP contribution in [-0.2, 0) is 31.9 Å². The van der Waals surface area contributed by atoms with Gasteiger partial charge < -0.3 is 9.47 Å². The average Bonchev–Trinajstić information content (AvgIpc) is 2.66. The van der Waals surface area contributed by atoms with E-state index in [-0.39, 0.29) is 29.1 Å². The Bertz CT molecular complexity index is 876. The molecule has 2 aromatic rings. The van der Waals surface area contributed by atoms with Crippen LogP contribution >= 0.6 is 46.6 Å². The fraction of sp³-hybridized carbons (Fsp3) is 0.412. The maximum Gasteiger partial charge on any atom is 0.310 e. The van der Waals surface area contributed by atoms with Crippen molar-refractivity contribution in [2.75, 3.05) is 20.5 Å². The third-order valence-electron chi connectivity index (χ3n) is 3.34. The van der Waals surface area contributed by atoms with Gasteiger partial charge in [-0.1, -0.05) is 34.8 Å². The van der Waals surface area contributed by atoms with Crippen LogP contribution in [0.1, 0.15) is 22.8 Å². The molecular weight excluding hydrogens is 463 g/mol. The van der Waals surface area contributed by atoms with E-state index in [2.05, 4.69) is 29.4 Å². The summed E-state index contributed by atoms with van der Waals surface area (Å²) in [6.07, 6.45) is 1.96. The molecule has 0 aromatic carbocycles. The van der Waals surface area contributed by atoms with Gasteiger partial charge in [-0.15, -0.1) is 11.8 Å². The molecule has 0 fully saturated rings. The van der Waals surface area contributed by atoms with Gasteiger partial charge in [0.25, 0.3) is 0 Å². The van der Waals surface area contributed by atoms with Crippen LogP contribution < -0.4 is 0 Å². The molecule has 0 saturated heterocycles. The molecule has 0 aliphatic rings. The van der Waals surface area contributed by atoms with Gasteiger partial charge in [0.15, 0.2) is 0 Å². The Morgan fingerprint density at radius 1 is 0.793 bits per heavy atom. The fourth-order valence-corrected chi connectivity index (χ4v) is 3.54. The van der Waals surface area contributed by atoms with Crippen molar-refractivity contribution in [3.05, 3.63) is 38.2 Å². The van der Waals surface area contributed by atoms with E-state index < -0.39 is 5.97 Å². The number of methoxy groups -OCH3 is 2. The van der Waals surface area contributed by atoms with Crippen molar-refractivity contribution in [2.45, 2.75) is 31.7 Å². The first-order chi connectivity index (χ1) is 13.6. The molecule has 158 valence electrons. The van der Waals surface area contributed by atoms with Crippen molar-refractivity contribution < 1.29 is 19.1 Å². The van der Waals surface area contributed by atoms with E-state index >= 15 is 0 Å². The van der Waals surface area contributed by atoms with E-state index in [1.807, 2.05) is 6.26 Å². The highest BCUT2D eigenvalue weighted by Crippen LogP contribution is 2.24. The second-order valence-electron chi connectivity index (χ2n) is 5.39. The highest BCUT2D eigenvalue weighted by atomic mass is 35.5. The number of hydrogen-bond donors (Lipinski definition) is 0. The Morgan fingerprint density at radius 2 is 1.17 bits per heavy atom. The largest absolute Gasteiger partial charge is 0.469 e. The standard InChI is InChI=1S/C9H11ClN2O2S.C8H8Cl2N2O2/c1-5-11-8(10)6(4-7(13)14-2)9(12-5)15-3;1-4-11-7(9)5(8(10)12-4)3-6(13)14-2/h4H2,1-3H3;3H2,1-2H3. The second-order valence-corrected chi connectivity index (χ2v) is 7.26. The van der Waals surface area contributed by atoms with Crippen molar-refractivity contribution >= 4 is 58.5 Å². The molecule has 2 rings (SSSR count).